The number of amides is 1. The third kappa shape index (κ3) is 3.59. The number of rotatable bonds is 5. The summed E-state index contributed by atoms with van der Waals surface area (Å²) in [5.41, 5.74) is 2.29. The van der Waals surface area contributed by atoms with E-state index in [2.05, 4.69) is 15.4 Å². The van der Waals surface area contributed by atoms with Crippen molar-refractivity contribution in [3.63, 3.8) is 0 Å². The van der Waals surface area contributed by atoms with E-state index < -0.39 is 0 Å². The van der Waals surface area contributed by atoms with E-state index in [0.717, 1.165) is 30.8 Å². The summed E-state index contributed by atoms with van der Waals surface area (Å²) < 4.78 is 19.2. The SMILES string of the molecule is CC1(C)Cc2cc(NC(=O)c3cnn4cccnc34)c(OCC3CCOC3)cc2O1. The quantitative estimate of drug-likeness (QED) is 0.698. The highest BCUT2D eigenvalue weighted by Gasteiger charge is 2.32. The fourth-order valence-corrected chi connectivity index (χ4v) is 3.95. The Hall–Kier alpha value is -3.13. The second kappa shape index (κ2) is 7.28. The minimum Gasteiger partial charge on any atom is -0.491 e. The van der Waals surface area contributed by atoms with Crippen LogP contribution in [0.2, 0.25) is 0 Å². The number of carbonyl (C=O) groups excluding carboxylic acids is 1. The smallest absolute Gasteiger partial charge is 0.261 e. The van der Waals surface area contributed by atoms with Gasteiger partial charge in [-0.1, -0.05) is 0 Å². The molecule has 4 heterocycles. The molecule has 0 aliphatic carbocycles. The lowest BCUT2D eigenvalue weighted by Crippen LogP contribution is -2.24. The number of anilines is 1. The zero-order chi connectivity index (χ0) is 20.7. The first-order valence-electron chi connectivity index (χ1n) is 10.1. The lowest BCUT2D eigenvalue weighted by Gasteiger charge is -2.18. The Morgan fingerprint density at radius 1 is 1.40 bits per heavy atom. The van der Waals surface area contributed by atoms with Crippen molar-refractivity contribution in [3.05, 3.63) is 47.9 Å². The van der Waals surface area contributed by atoms with Gasteiger partial charge in [-0.15, -0.1) is 0 Å². The van der Waals surface area contributed by atoms with E-state index >= 15 is 0 Å². The number of carbonyl (C=O) groups is 1. The van der Waals surface area contributed by atoms with Gasteiger partial charge in [0, 0.05) is 43.0 Å². The van der Waals surface area contributed by atoms with Crippen molar-refractivity contribution in [2.75, 3.05) is 25.1 Å². The zero-order valence-corrected chi connectivity index (χ0v) is 17.1. The van der Waals surface area contributed by atoms with Crippen LogP contribution < -0.4 is 14.8 Å². The summed E-state index contributed by atoms with van der Waals surface area (Å²) in [4.78, 5) is 17.3. The molecular weight excluding hydrogens is 384 g/mol. The molecule has 0 bridgehead atoms. The van der Waals surface area contributed by atoms with Gasteiger partial charge >= 0.3 is 0 Å². The van der Waals surface area contributed by atoms with Crippen molar-refractivity contribution in [1.29, 1.82) is 0 Å². The Morgan fingerprint density at radius 3 is 3.13 bits per heavy atom. The van der Waals surface area contributed by atoms with Crippen LogP contribution in [0, 0.1) is 5.92 Å². The first kappa shape index (κ1) is 18.9. The fourth-order valence-electron chi connectivity index (χ4n) is 3.95. The summed E-state index contributed by atoms with van der Waals surface area (Å²) >= 11 is 0. The predicted molar refractivity (Wildman–Crippen MR) is 110 cm³/mol. The van der Waals surface area contributed by atoms with Crippen molar-refractivity contribution in [3.8, 4) is 11.5 Å². The standard InChI is InChI=1S/C22H24N4O4/c1-22(2)10-15-8-17(19(9-18(15)30-22)29-13-14-4-7-28-12-14)25-21(27)16-11-24-26-6-3-5-23-20(16)26/h3,5-6,8-9,11,14H,4,7,10,12-13H2,1-2H3,(H,25,27). The first-order valence-corrected chi connectivity index (χ1v) is 10.1. The maximum atomic E-state index is 13.0. The predicted octanol–water partition coefficient (Wildman–Crippen LogP) is 3.11. The molecule has 8 heteroatoms. The number of ether oxygens (including phenoxy) is 3. The van der Waals surface area contributed by atoms with Crippen molar-refractivity contribution in [1.82, 2.24) is 14.6 Å². The Bertz CT molecular complexity index is 1100. The zero-order valence-electron chi connectivity index (χ0n) is 17.1. The van der Waals surface area contributed by atoms with Gasteiger partial charge in [-0.05, 0) is 32.4 Å². The van der Waals surface area contributed by atoms with Crippen LogP contribution in [0.25, 0.3) is 5.65 Å². The van der Waals surface area contributed by atoms with Crippen molar-refractivity contribution >= 4 is 17.2 Å². The highest BCUT2D eigenvalue weighted by atomic mass is 16.5. The van der Waals surface area contributed by atoms with E-state index in [-0.39, 0.29) is 11.5 Å². The molecule has 1 atom stereocenters. The molecule has 2 aromatic heterocycles. The molecule has 0 radical (unpaired) electrons. The van der Waals surface area contributed by atoms with E-state index in [1.807, 2.05) is 26.0 Å². The lowest BCUT2D eigenvalue weighted by atomic mass is 10.0. The first-order chi connectivity index (χ1) is 14.5. The molecule has 5 rings (SSSR count). The molecule has 1 fully saturated rings. The lowest BCUT2D eigenvalue weighted by molar-refractivity contribution is 0.102. The molecule has 1 amide bonds. The van der Waals surface area contributed by atoms with Gasteiger partial charge in [0.05, 0.1) is 25.1 Å². The average Bonchev–Trinajstić information content (AvgIpc) is 3.43. The molecular formula is C22H24N4O4. The van der Waals surface area contributed by atoms with Gasteiger partial charge in [0.1, 0.15) is 22.7 Å². The van der Waals surface area contributed by atoms with Gasteiger partial charge in [0.2, 0.25) is 0 Å². The van der Waals surface area contributed by atoms with Gasteiger partial charge < -0.3 is 19.5 Å². The van der Waals surface area contributed by atoms with Crippen molar-refractivity contribution < 1.29 is 19.0 Å². The van der Waals surface area contributed by atoms with E-state index in [4.69, 9.17) is 14.2 Å². The highest BCUT2D eigenvalue weighted by molar-refractivity contribution is 6.08. The fraction of sp³-hybridized carbons (Fsp3) is 0.409. The maximum Gasteiger partial charge on any atom is 0.261 e. The molecule has 2 aliphatic rings. The second-order valence-corrected chi connectivity index (χ2v) is 8.44. The van der Waals surface area contributed by atoms with Gasteiger partial charge in [0.15, 0.2) is 5.65 Å². The van der Waals surface area contributed by atoms with Gasteiger partial charge in [0.25, 0.3) is 5.91 Å². The number of aromatic nitrogens is 3. The Labute approximate surface area is 174 Å². The molecule has 156 valence electrons. The number of nitrogens with one attached hydrogen (secondary N) is 1. The number of benzene rings is 1. The van der Waals surface area contributed by atoms with E-state index in [0.29, 0.717) is 41.8 Å². The summed E-state index contributed by atoms with van der Waals surface area (Å²) in [6.07, 6.45) is 6.66. The minimum absolute atomic E-state index is 0.282. The highest BCUT2D eigenvalue weighted by Crippen LogP contribution is 2.41. The third-order valence-electron chi connectivity index (χ3n) is 5.44. The monoisotopic (exact) mass is 408 g/mol. The Morgan fingerprint density at radius 2 is 2.30 bits per heavy atom. The number of nitrogens with zero attached hydrogens (tertiary/aromatic N) is 3. The summed E-state index contributed by atoms with van der Waals surface area (Å²) in [6, 6.07) is 5.59. The van der Waals surface area contributed by atoms with Crippen molar-refractivity contribution in [2.45, 2.75) is 32.3 Å². The number of hydrogen-bond acceptors (Lipinski definition) is 6. The molecule has 1 saturated heterocycles. The summed E-state index contributed by atoms with van der Waals surface area (Å²) in [5, 5.41) is 7.19. The molecule has 1 unspecified atom stereocenters. The molecule has 0 spiro atoms. The Balaban J connectivity index is 1.44. The van der Waals surface area contributed by atoms with Crippen LogP contribution in [-0.2, 0) is 11.2 Å². The molecule has 0 saturated carbocycles. The maximum absolute atomic E-state index is 13.0. The number of hydrogen-bond donors (Lipinski definition) is 1. The molecule has 1 N–H and O–H groups in total. The van der Waals surface area contributed by atoms with Gasteiger partial charge in [-0.25, -0.2) is 9.50 Å². The molecule has 30 heavy (non-hydrogen) atoms. The van der Waals surface area contributed by atoms with Crippen LogP contribution in [0.15, 0.2) is 36.8 Å². The molecule has 1 aromatic carbocycles. The second-order valence-electron chi connectivity index (χ2n) is 8.44. The summed E-state index contributed by atoms with van der Waals surface area (Å²) in [7, 11) is 0. The topological polar surface area (TPSA) is 87.0 Å². The molecule has 3 aromatic rings. The largest absolute Gasteiger partial charge is 0.491 e. The van der Waals surface area contributed by atoms with E-state index in [1.165, 1.54) is 6.20 Å². The molecule has 8 nitrogen and oxygen atoms in total. The van der Waals surface area contributed by atoms with E-state index in [9.17, 15) is 4.79 Å². The third-order valence-corrected chi connectivity index (χ3v) is 5.44. The summed E-state index contributed by atoms with van der Waals surface area (Å²) in [6.45, 7) is 6.09. The van der Waals surface area contributed by atoms with Crippen molar-refractivity contribution in [2.24, 2.45) is 5.92 Å². The van der Waals surface area contributed by atoms with Crippen LogP contribution in [0.3, 0.4) is 0 Å². The van der Waals surface area contributed by atoms with E-state index in [1.54, 1.807) is 23.0 Å². The van der Waals surface area contributed by atoms with Crippen LogP contribution in [0.5, 0.6) is 11.5 Å². The molecule has 2 aliphatic heterocycles. The minimum atomic E-state index is -0.284. The normalized spacial score (nSPS) is 19.5. The number of fused-ring (bicyclic) bond motifs is 2. The van der Waals surface area contributed by atoms with Crippen LogP contribution in [-0.4, -0.2) is 45.9 Å². The van der Waals surface area contributed by atoms with Crippen LogP contribution in [0.4, 0.5) is 5.69 Å². The van der Waals surface area contributed by atoms with Crippen LogP contribution in [0.1, 0.15) is 36.2 Å². The average molecular weight is 408 g/mol. The van der Waals surface area contributed by atoms with Gasteiger partial charge in [-0.3, -0.25) is 4.79 Å². The van der Waals surface area contributed by atoms with Gasteiger partial charge in [-0.2, -0.15) is 5.10 Å². The Kier molecular flexibility index (Phi) is 4.58. The summed E-state index contributed by atoms with van der Waals surface area (Å²) in [5.74, 6) is 1.46. The van der Waals surface area contributed by atoms with Crippen LogP contribution >= 0.6 is 0 Å².